The molecule has 88 valence electrons. The molecule has 2 rings (SSSR count). The normalized spacial score (nSPS) is 10.5. The number of halogens is 1. The van der Waals surface area contributed by atoms with Gasteiger partial charge in [0.1, 0.15) is 0 Å². The Morgan fingerprint density at radius 3 is 2.59 bits per heavy atom. The van der Waals surface area contributed by atoms with Crippen LogP contribution in [0.1, 0.15) is 11.1 Å². The van der Waals surface area contributed by atoms with E-state index < -0.39 is 0 Å². The second-order valence-corrected chi connectivity index (χ2v) is 5.25. The molecule has 4 heteroatoms. The second kappa shape index (κ2) is 4.91. The van der Waals surface area contributed by atoms with Gasteiger partial charge in [-0.2, -0.15) is 0 Å². The SMILES string of the molecule is Cc1cc(=O)n(Cc2ccc(I)cc2)cc1N. The van der Waals surface area contributed by atoms with E-state index in [1.165, 1.54) is 3.57 Å². The number of pyridine rings is 1. The van der Waals surface area contributed by atoms with Crippen molar-refractivity contribution < 1.29 is 0 Å². The average Bonchev–Trinajstić information content (AvgIpc) is 2.29. The lowest BCUT2D eigenvalue weighted by Crippen LogP contribution is -2.20. The van der Waals surface area contributed by atoms with Crippen LogP contribution in [-0.4, -0.2) is 4.57 Å². The van der Waals surface area contributed by atoms with Gasteiger partial charge in [-0.05, 0) is 52.8 Å². The van der Waals surface area contributed by atoms with Gasteiger partial charge < -0.3 is 10.3 Å². The molecule has 1 heterocycles. The van der Waals surface area contributed by atoms with Crippen LogP contribution in [0.4, 0.5) is 5.69 Å². The molecular weight excluding hydrogens is 327 g/mol. The Labute approximate surface area is 113 Å². The molecule has 0 spiro atoms. The van der Waals surface area contributed by atoms with Crippen LogP contribution in [0.15, 0.2) is 41.3 Å². The van der Waals surface area contributed by atoms with Crippen molar-refractivity contribution in [3.8, 4) is 0 Å². The highest BCUT2D eigenvalue weighted by Crippen LogP contribution is 2.10. The Bertz CT molecular complexity index is 587. The summed E-state index contributed by atoms with van der Waals surface area (Å²) in [5.41, 5.74) is 8.36. The van der Waals surface area contributed by atoms with Gasteiger partial charge in [0.15, 0.2) is 0 Å². The van der Waals surface area contributed by atoms with Crippen LogP contribution in [0.2, 0.25) is 0 Å². The van der Waals surface area contributed by atoms with Crippen LogP contribution in [0, 0.1) is 10.5 Å². The highest BCUT2D eigenvalue weighted by atomic mass is 127. The van der Waals surface area contributed by atoms with E-state index in [0.29, 0.717) is 12.2 Å². The van der Waals surface area contributed by atoms with Crippen LogP contribution in [-0.2, 0) is 6.54 Å². The highest BCUT2D eigenvalue weighted by Gasteiger charge is 2.01. The zero-order chi connectivity index (χ0) is 12.4. The molecule has 0 aliphatic rings. The van der Waals surface area contributed by atoms with Gasteiger partial charge in [-0.25, -0.2) is 0 Å². The number of anilines is 1. The average molecular weight is 340 g/mol. The summed E-state index contributed by atoms with van der Waals surface area (Å²) < 4.78 is 2.81. The molecule has 0 atom stereocenters. The van der Waals surface area contributed by atoms with Crippen molar-refractivity contribution in [2.45, 2.75) is 13.5 Å². The molecule has 3 nitrogen and oxygen atoms in total. The van der Waals surface area contributed by atoms with Gasteiger partial charge >= 0.3 is 0 Å². The minimum Gasteiger partial charge on any atom is -0.397 e. The molecule has 0 unspecified atom stereocenters. The molecule has 0 bridgehead atoms. The van der Waals surface area contributed by atoms with E-state index in [2.05, 4.69) is 22.6 Å². The maximum atomic E-state index is 11.8. The van der Waals surface area contributed by atoms with E-state index in [0.717, 1.165) is 11.1 Å². The number of hydrogen-bond donors (Lipinski definition) is 1. The first-order valence-electron chi connectivity index (χ1n) is 5.27. The third-order valence-corrected chi connectivity index (χ3v) is 3.36. The smallest absolute Gasteiger partial charge is 0.251 e. The summed E-state index contributed by atoms with van der Waals surface area (Å²) in [4.78, 5) is 11.8. The number of benzene rings is 1. The molecule has 2 aromatic rings. The van der Waals surface area contributed by atoms with Crippen LogP contribution >= 0.6 is 22.6 Å². The molecule has 0 radical (unpaired) electrons. The van der Waals surface area contributed by atoms with Gasteiger partial charge in [-0.3, -0.25) is 4.79 Å². The molecule has 0 aliphatic carbocycles. The lowest BCUT2D eigenvalue weighted by Gasteiger charge is -2.08. The molecule has 0 saturated carbocycles. The fourth-order valence-corrected chi connectivity index (χ4v) is 1.95. The van der Waals surface area contributed by atoms with E-state index in [4.69, 9.17) is 5.73 Å². The molecule has 0 aliphatic heterocycles. The van der Waals surface area contributed by atoms with E-state index in [1.807, 2.05) is 31.2 Å². The summed E-state index contributed by atoms with van der Waals surface area (Å²) in [6, 6.07) is 9.66. The fourth-order valence-electron chi connectivity index (χ4n) is 1.59. The monoisotopic (exact) mass is 340 g/mol. The Hall–Kier alpha value is -1.30. The van der Waals surface area contributed by atoms with E-state index in [9.17, 15) is 4.79 Å². The number of nitrogen functional groups attached to an aromatic ring is 1. The quantitative estimate of drug-likeness (QED) is 0.854. The van der Waals surface area contributed by atoms with Gasteiger partial charge in [-0.15, -0.1) is 0 Å². The van der Waals surface area contributed by atoms with E-state index in [-0.39, 0.29) is 5.56 Å². The topological polar surface area (TPSA) is 48.0 Å². The summed E-state index contributed by atoms with van der Waals surface area (Å²) in [5.74, 6) is 0. The minimum atomic E-state index is -0.0183. The van der Waals surface area contributed by atoms with Crippen molar-refractivity contribution in [2.75, 3.05) is 5.73 Å². The predicted octanol–water partition coefficient (Wildman–Crippen LogP) is 2.39. The predicted molar refractivity (Wildman–Crippen MR) is 78.1 cm³/mol. The highest BCUT2D eigenvalue weighted by molar-refractivity contribution is 14.1. The molecule has 2 N–H and O–H groups in total. The summed E-state index contributed by atoms with van der Waals surface area (Å²) in [5, 5.41) is 0. The van der Waals surface area contributed by atoms with Gasteiger partial charge in [0.05, 0.1) is 12.2 Å². The third kappa shape index (κ3) is 2.88. The number of aromatic nitrogens is 1. The summed E-state index contributed by atoms with van der Waals surface area (Å²) in [7, 11) is 0. The number of nitrogens with zero attached hydrogens (tertiary/aromatic N) is 1. The largest absolute Gasteiger partial charge is 0.397 e. The molecule has 0 saturated heterocycles. The van der Waals surface area contributed by atoms with Crippen LogP contribution in [0.5, 0.6) is 0 Å². The van der Waals surface area contributed by atoms with Crippen molar-refractivity contribution >= 4 is 28.3 Å². The Morgan fingerprint density at radius 1 is 1.29 bits per heavy atom. The van der Waals surface area contributed by atoms with Gasteiger partial charge in [0.25, 0.3) is 5.56 Å². The first-order valence-corrected chi connectivity index (χ1v) is 6.35. The maximum absolute atomic E-state index is 11.8. The lowest BCUT2D eigenvalue weighted by molar-refractivity contribution is 0.759. The van der Waals surface area contributed by atoms with Crippen molar-refractivity contribution in [1.29, 1.82) is 0 Å². The number of hydrogen-bond acceptors (Lipinski definition) is 2. The van der Waals surface area contributed by atoms with Gasteiger partial charge in [-0.1, -0.05) is 12.1 Å². The number of aryl methyl sites for hydroxylation is 1. The zero-order valence-corrected chi connectivity index (χ0v) is 11.6. The molecule has 1 aromatic carbocycles. The third-order valence-electron chi connectivity index (χ3n) is 2.64. The first kappa shape index (κ1) is 12.2. The summed E-state index contributed by atoms with van der Waals surface area (Å²) in [6.07, 6.45) is 1.70. The second-order valence-electron chi connectivity index (χ2n) is 4.00. The van der Waals surface area contributed by atoms with Crippen molar-refractivity contribution in [3.05, 3.63) is 61.6 Å². The molecule has 17 heavy (non-hydrogen) atoms. The van der Waals surface area contributed by atoms with Crippen molar-refractivity contribution in [3.63, 3.8) is 0 Å². The Kier molecular flexibility index (Phi) is 3.51. The summed E-state index contributed by atoms with van der Waals surface area (Å²) in [6.45, 7) is 2.40. The zero-order valence-electron chi connectivity index (χ0n) is 9.48. The van der Waals surface area contributed by atoms with Crippen molar-refractivity contribution in [1.82, 2.24) is 4.57 Å². The lowest BCUT2D eigenvalue weighted by atomic mass is 10.2. The molecule has 1 aromatic heterocycles. The van der Waals surface area contributed by atoms with Gasteiger partial charge in [0, 0.05) is 15.8 Å². The first-order chi connectivity index (χ1) is 8.06. The fraction of sp³-hybridized carbons (Fsp3) is 0.154. The number of nitrogens with two attached hydrogens (primary N) is 1. The van der Waals surface area contributed by atoms with Crippen LogP contribution < -0.4 is 11.3 Å². The van der Waals surface area contributed by atoms with Crippen LogP contribution in [0.3, 0.4) is 0 Å². The minimum absolute atomic E-state index is 0.0183. The molecule has 0 fully saturated rings. The Balaban J connectivity index is 2.33. The van der Waals surface area contributed by atoms with Crippen LogP contribution in [0.25, 0.3) is 0 Å². The van der Waals surface area contributed by atoms with E-state index in [1.54, 1.807) is 16.8 Å². The molecular formula is C13H13IN2O. The standard InChI is InChI=1S/C13H13IN2O/c1-9-6-13(17)16(8-12(9)15)7-10-2-4-11(14)5-3-10/h2-6,8H,7,15H2,1H3. The Morgan fingerprint density at radius 2 is 1.94 bits per heavy atom. The summed E-state index contributed by atoms with van der Waals surface area (Å²) >= 11 is 2.26. The molecule has 0 amide bonds. The number of rotatable bonds is 2. The maximum Gasteiger partial charge on any atom is 0.251 e. The van der Waals surface area contributed by atoms with Crippen molar-refractivity contribution in [2.24, 2.45) is 0 Å². The van der Waals surface area contributed by atoms with E-state index >= 15 is 0 Å². The van der Waals surface area contributed by atoms with Gasteiger partial charge in [0.2, 0.25) is 0 Å².